The minimum absolute atomic E-state index is 0.174. The number of carbonyl (C=O) groups is 1. The summed E-state index contributed by atoms with van der Waals surface area (Å²) in [5.74, 6) is 0.629. The van der Waals surface area contributed by atoms with E-state index in [1.807, 2.05) is 13.0 Å². The van der Waals surface area contributed by atoms with Crippen LogP contribution < -0.4 is 5.73 Å². The number of anilines is 1. The van der Waals surface area contributed by atoms with E-state index in [1.54, 1.807) is 12.3 Å². The van der Waals surface area contributed by atoms with Crippen molar-refractivity contribution >= 4 is 11.6 Å². The Morgan fingerprint density at radius 3 is 2.83 bits per heavy atom. The number of carbonyl (C=O) groups excluding carboxylic acids is 1. The van der Waals surface area contributed by atoms with Gasteiger partial charge in [-0.1, -0.05) is 0 Å². The van der Waals surface area contributed by atoms with E-state index in [1.165, 1.54) is 0 Å². The molecule has 0 bridgehead atoms. The summed E-state index contributed by atoms with van der Waals surface area (Å²) in [5.41, 5.74) is 5.99. The topological polar surface area (TPSA) is 65.2 Å². The number of hydrogen-bond acceptors (Lipinski definition) is 4. The molecule has 0 aromatic carbocycles. The van der Waals surface area contributed by atoms with E-state index >= 15 is 0 Å². The number of nitrogen functional groups attached to an aromatic ring is 1. The molecule has 0 saturated heterocycles. The van der Waals surface area contributed by atoms with E-state index in [0.717, 1.165) is 31.2 Å². The van der Waals surface area contributed by atoms with Crippen LogP contribution >= 0.6 is 0 Å². The van der Waals surface area contributed by atoms with E-state index in [2.05, 4.69) is 4.98 Å². The number of nitrogens with two attached hydrogens (primary N) is 1. The molecule has 0 aliphatic heterocycles. The van der Waals surface area contributed by atoms with Gasteiger partial charge in [0.1, 0.15) is 11.4 Å². The maximum atomic E-state index is 12.5. The molecule has 2 rings (SSSR count). The van der Waals surface area contributed by atoms with Crippen LogP contribution in [-0.2, 0) is 16.0 Å². The summed E-state index contributed by atoms with van der Waals surface area (Å²) in [7, 11) is 0. The first kappa shape index (κ1) is 13.0. The fourth-order valence-electron chi connectivity index (χ4n) is 2.68. The van der Waals surface area contributed by atoms with Gasteiger partial charge in [-0.2, -0.15) is 0 Å². The molecule has 18 heavy (non-hydrogen) atoms. The standard InChI is InChI=1S/C14H20N2O2/c1-2-18-14(6-3-4-7-14)12(17)9-11-5-8-16-13(15)10-11/h5,8,10H,2-4,6-7,9H2,1H3,(H2,15,16). The van der Waals surface area contributed by atoms with Gasteiger partial charge in [-0.25, -0.2) is 4.98 Å². The molecule has 1 aromatic heterocycles. The first-order valence-corrected chi connectivity index (χ1v) is 6.54. The van der Waals surface area contributed by atoms with Crippen LogP contribution in [0.3, 0.4) is 0 Å². The van der Waals surface area contributed by atoms with Crippen LogP contribution in [0.1, 0.15) is 38.2 Å². The molecule has 1 aliphatic carbocycles. The lowest BCUT2D eigenvalue weighted by Gasteiger charge is -2.27. The number of nitrogens with zero attached hydrogens (tertiary/aromatic N) is 1. The second-order valence-electron chi connectivity index (χ2n) is 4.82. The van der Waals surface area contributed by atoms with E-state index in [9.17, 15) is 4.79 Å². The predicted octanol–water partition coefficient (Wildman–Crippen LogP) is 2.12. The zero-order valence-corrected chi connectivity index (χ0v) is 10.8. The van der Waals surface area contributed by atoms with Crippen LogP contribution in [0.5, 0.6) is 0 Å². The molecular weight excluding hydrogens is 228 g/mol. The molecule has 0 amide bonds. The summed E-state index contributed by atoms with van der Waals surface area (Å²) in [6.45, 7) is 2.53. The van der Waals surface area contributed by atoms with Crippen molar-refractivity contribution in [2.45, 2.75) is 44.6 Å². The monoisotopic (exact) mass is 248 g/mol. The third-order valence-electron chi connectivity index (χ3n) is 3.55. The third kappa shape index (κ3) is 2.70. The third-order valence-corrected chi connectivity index (χ3v) is 3.55. The van der Waals surface area contributed by atoms with Crippen LogP contribution in [0.2, 0.25) is 0 Å². The summed E-state index contributed by atoms with van der Waals surface area (Å²) in [5, 5.41) is 0. The Hall–Kier alpha value is -1.42. The summed E-state index contributed by atoms with van der Waals surface area (Å²) in [6, 6.07) is 3.59. The fraction of sp³-hybridized carbons (Fsp3) is 0.571. The molecule has 1 fully saturated rings. The smallest absolute Gasteiger partial charge is 0.168 e. The van der Waals surface area contributed by atoms with Crippen LogP contribution in [0.15, 0.2) is 18.3 Å². The van der Waals surface area contributed by atoms with Gasteiger partial charge in [0.2, 0.25) is 0 Å². The van der Waals surface area contributed by atoms with Crippen molar-refractivity contribution in [3.8, 4) is 0 Å². The molecule has 0 unspecified atom stereocenters. The van der Waals surface area contributed by atoms with Gasteiger partial charge in [0.25, 0.3) is 0 Å². The molecule has 2 N–H and O–H groups in total. The van der Waals surface area contributed by atoms with Crippen LogP contribution in [-0.4, -0.2) is 23.0 Å². The highest BCUT2D eigenvalue weighted by molar-refractivity contribution is 5.89. The van der Waals surface area contributed by atoms with Gasteiger partial charge in [-0.15, -0.1) is 0 Å². The van der Waals surface area contributed by atoms with Crippen LogP contribution in [0, 0.1) is 0 Å². The molecule has 1 heterocycles. The van der Waals surface area contributed by atoms with E-state index in [4.69, 9.17) is 10.5 Å². The average Bonchev–Trinajstić information content (AvgIpc) is 2.79. The van der Waals surface area contributed by atoms with E-state index < -0.39 is 5.60 Å². The molecule has 4 nitrogen and oxygen atoms in total. The van der Waals surface area contributed by atoms with Crippen molar-refractivity contribution in [2.24, 2.45) is 0 Å². The second kappa shape index (κ2) is 5.48. The van der Waals surface area contributed by atoms with E-state index in [-0.39, 0.29) is 5.78 Å². The van der Waals surface area contributed by atoms with Gasteiger partial charge >= 0.3 is 0 Å². The molecule has 98 valence electrons. The molecule has 0 spiro atoms. The van der Waals surface area contributed by atoms with Crippen LogP contribution in [0.25, 0.3) is 0 Å². The Labute approximate surface area is 108 Å². The first-order chi connectivity index (χ1) is 8.66. The summed E-state index contributed by atoms with van der Waals surface area (Å²) in [6.07, 6.45) is 5.86. The largest absolute Gasteiger partial charge is 0.384 e. The number of pyridine rings is 1. The Balaban J connectivity index is 2.10. The van der Waals surface area contributed by atoms with Gasteiger partial charge in [0.15, 0.2) is 5.78 Å². The summed E-state index contributed by atoms with van der Waals surface area (Å²) >= 11 is 0. The number of ether oxygens (including phenoxy) is 1. The quantitative estimate of drug-likeness (QED) is 0.866. The Kier molecular flexibility index (Phi) is 3.97. The normalized spacial score (nSPS) is 17.8. The van der Waals surface area contributed by atoms with Crippen molar-refractivity contribution < 1.29 is 9.53 Å². The number of aromatic nitrogens is 1. The minimum Gasteiger partial charge on any atom is -0.384 e. The van der Waals surface area contributed by atoms with Gasteiger partial charge in [0.05, 0.1) is 0 Å². The van der Waals surface area contributed by atoms with Crippen molar-refractivity contribution in [2.75, 3.05) is 12.3 Å². The Morgan fingerprint density at radius 1 is 1.50 bits per heavy atom. The van der Waals surface area contributed by atoms with Gasteiger partial charge in [-0.05, 0) is 50.3 Å². The maximum absolute atomic E-state index is 12.5. The predicted molar refractivity (Wildman–Crippen MR) is 70.2 cm³/mol. The number of Topliss-reactive ketones (excluding diaryl/α,β-unsaturated/α-hetero) is 1. The zero-order chi connectivity index (χ0) is 13.0. The minimum atomic E-state index is -0.549. The molecular formula is C14H20N2O2. The number of rotatable bonds is 5. The van der Waals surface area contributed by atoms with Crippen molar-refractivity contribution in [1.29, 1.82) is 0 Å². The SMILES string of the molecule is CCOC1(C(=O)Cc2ccnc(N)c2)CCCC1. The number of ketones is 1. The van der Waals surface area contributed by atoms with E-state index in [0.29, 0.717) is 18.8 Å². The second-order valence-corrected chi connectivity index (χ2v) is 4.82. The highest BCUT2D eigenvalue weighted by Gasteiger charge is 2.41. The first-order valence-electron chi connectivity index (χ1n) is 6.54. The van der Waals surface area contributed by atoms with Crippen LogP contribution in [0.4, 0.5) is 5.82 Å². The van der Waals surface area contributed by atoms with Crippen molar-refractivity contribution in [3.63, 3.8) is 0 Å². The molecule has 0 radical (unpaired) electrons. The fourth-order valence-corrected chi connectivity index (χ4v) is 2.68. The molecule has 1 aromatic rings. The lowest BCUT2D eigenvalue weighted by Crippen LogP contribution is -2.40. The maximum Gasteiger partial charge on any atom is 0.168 e. The molecule has 4 heteroatoms. The Bertz CT molecular complexity index is 426. The summed E-state index contributed by atoms with van der Waals surface area (Å²) in [4.78, 5) is 16.4. The zero-order valence-electron chi connectivity index (χ0n) is 10.8. The lowest BCUT2D eigenvalue weighted by molar-refractivity contribution is -0.142. The Morgan fingerprint density at radius 2 is 2.22 bits per heavy atom. The highest BCUT2D eigenvalue weighted by Crippen LogP contribution is 2.35. The summed E-state index contributed by atoms with van der Waals surface area (Å²) < 4.78 is 5.76. The lowest BCUT2D eigenvalue weighted by atomic mass is 9.91. The van der Waals surface area contributed by atoms with Gasteiger partial charge < -0.3 is 10.5 Å². The molecule has 1 aliphatic rings. The molecule has 0 atom stereocenters. The highest BCUT2D eigenvalue weighted by atomic mass is 16.5. The average molecular weight is 248 g/mol. The molecule has 1 saturated carbocycles. The van der Waals surface area contributed by atoms with Crippen molar-refractivity contribution in [1.82, 2.24) is 4.98 Å². The van der Waals surface area contributed by atoms with Crippen molar-refractivity contribution in [3.05, 3.63) is 23.9 Å². The van der Waals surface area contributed by atoms with Gasteiger partial charge in [-0.3, -0.25) is 4.79 Å². The van der Waals surface area contributed by atoms with Gasteiger partial charge in [0, 0.05) is 19.2 Å². The number of hydrogen-bond donors (Lipinski definition) is 1.